The summed E-state index contributed by atoms with van der Waals surface area (Å²) in [6, 6.07) is 0. The zero-order chi connectivity index (χ0) is 10.1. The van der Waals surface area contributed by atoms with Gasteiger partial charge in [0, 0.05) is 0 Å². The Kier molecular flexibility index (Phi) is 2.96. The highest BCUT2D eigenvalue weighted by Crippen LogP contribution is 2.37. The van der Waals surface area contributed by atoms with Gasteiger partial charge in [-0.25, -0.2) is 0 Å². The van der Waals surface area contributed by atoms with E-state index in [1.54, 1.807) is 0 Å². The Morgan fingerprint density at radius 2 is 2.15 bits per heavy atom. The minimum atomic E-state index is -0.637. The molecule has 2 atom stereocenters. The Balaban J connectivity index is 2.07. The number of nitrogens with one attached hydrogen (secondary N) is 1. The van der Waals surface area contributed by atoms with Crippen LogP contribution in [0.25, 0.3) is 0 Å². The number of hydrogen-bond acceptors (Lipinski definition) is 2. The van der Waals surface area contributed by atoms with Crippen molar-refractivity contribution in [2.24, 2.45) is 17.3 Å². The maximum absolute atomic E-state index is 10.5. The second kappa shape index (κ2) is 3.66. The lowest BCUT2D eigenvalue weighted by Gasteiger charge is -2.18. The first-order chi connectivity index (χ1) is 5.90. The van der Waals surface area contributed by atoms with Crippen molar-refractivity contribution >= 4 is 5.97 Å². The molecule has 0 amide bonds. The first-order valence-electron chi connectivity index (χ1n) is 4.84. The fraction of sp³-hybridized carbons (Fsp3) is 0.900. The Bertz CT molecular complexity index is 196. The number of hydrogen-bond donors (Lipinski definition) is 2. The maximum Gasteiger partial charge on any atom is 0.306 e. The summed E-state index contributed by atoms with van der Waals surface area (Å²) in [6.07, 6.45) is 0.854. The van der Waals surface area contributed by atoms with Crippen molar-refractivity contribution in [3.05, 3.63) is 0 Å². The Morgan fingerprint density at radius 1 is 1.54 bits per heavy atom. The van der Waals surface area contributed by atoms with Crippen LogP contribution in [-0.4, -0.2) is 24.2 Å². The van der Waals surface area contributed by atoms with Gasteiger partial charge >= 0.3 is 5.97 Å². The molecule has 1 fully saturated rings. The molecule has 0 saturated heterocycles. The van der Waals surface area contributed by atoms with Crippen LogP contribution in [0.1, 0.15) is 27.2 Å². The van der Waals surface area contributed by atoms with Gasteiger partial charge in [0.2, 0.25) is 0 Å². The van der Waals surface area contributed by atoms with Crippen LogP contribution in [0.15, 0.2) is 0 Å². The summed E-state index contributed by atoms with van der Waals surface area (Å²) in [4.78, 5) is 10.5. The van der Waals surface area contributed by atoms with E-state index in [0.717, 1.165) is 19.5 Å². The Labute approximate surface area is 79.5 Å². The van der Waals surface area contributed by atoms with Gasteiger partial charge in [-0.2, -0.15) is 0 Å². The normalized spacial score (nSPS) is 27.3. The quantitative estimate of drug-likeness (QED) is 0.695. The summed E-state index contributed by atoms with van der Waals surface area (Å²) in [5.41, 5.74) is 0.285. The van der Waals surface area contributed by atoms with Crippen LogP contribution in [0.4, 0.5) is 0 Å². The fourth-order valence-corrected chi connectivity index (χ4v) is 1.41. The molecular weight excluding hydrogens is 166 g/mol. The number of carboxylic acids is 1. The second-order valence-electron chi connectivity index (χ2n) is 5.13. The number of carboxylic acid groups (broad SMARTS) is 1. The average molecular weight is 185 g/mol. The summed E-state index contributed by atoms with van der Waals surface area (Å²) in [5.74, 6) is -0.338. The maximum atomic E-state index is 10.5. The summed E-state index contributed by atoms with van der Waals surface area (Å²) < 4.78 is 0. The molecule has 3 heteroatoms. The van der Waals surface area contributed by atoms with Gasteiger partial charge in [-0.1, -0.05) is 20.8 Å². The number of carbonyl (C=O) groups is 1. The lowest BCUT2D eigenvalue weighted by molar-refractivity contribution is -0.138. The zero-order valence-corrected chi connectivity index (χ0v) is 8.63. The molecule has 1 saturated carbocycles. The standard InChI is InChI=1S/C10H19NO2/c1-10(2,3)6-11-5-7-4-8(7)9(12)13/h7-8,11H,4-6H2,1-3H3,(H,12,13). The molecule has 0 heterocycles. The predicted octanol–water partition coefficient (Wildman–Crippen LogP) is 1.34. The molecule has 1 rings (SSSR count). The topological polar surface area (TPSA) is 49.3 Å². The lowest BCUT2D eigenvalue weighted by atomic mass is 9.97. The van der Waals surface area contributed by atoms with E-state index >= 15 is 0 Å². The van der Waals surface area contributed by atoms with Crippen molar-refractivity contribution in [2.75, 3.05) is 13.1 Å². The van der Waals surface area contributed by atoms with Crippen LogP contribution < -0.4 is 5.32 Å². The second-order valence-corrected chi connectivity index (χ2v) is 5.13. The number of aliphatic carboxylic acids is 1. The third-order valence-electron chi connectivity index (χ3n) is 2.30. The molecule has 0 aliphatic heterocycles. The van der Waals surface area contributed by atoms with E-state index in [9.17, 15) is 4.79 Å². The van der Waals surface area contributed by atoms with Crippen LogP contribution in [0.5, 0.6) is 0 Å². The molecule has 1 aliphatic rings. The largest absolute Gasteiger partial charge is 0.481 e. The van der Waals surface area contributed by atoms with Gasteiger partial charge in [0.1, 0.15) is 0 Å². The van der Waals surface area contributed by atoms with Crippen molar-refractivity contribution in [1.29, 1.82) is 0 Å². The van der Waals surface area contributed by atoms with E-state index in [-0.39, 0.29) is 11.3 Å². The van der Waals surface area contributed by atoms with E-state index in [1.807, 2.05) is 0 Å². The van der Waals surface area contributed by atoms with Gasteiger partial charge in [-0.15, -0.1) is 0 Å². The SMILES string of the molecule is CC(C)(C)CNCC1CC1C(=O)O. The fourth-order valence-electron chi connectivity index (χ4n) is 1.41. The molecule has 0 spiro atoms. The van der Waals surface area contributed by atoms with Crippen molar-refractivity contribution in [2.45, 2.75) is 27.2 Å². The van der Waals surface area contributed by atoms with Crippen LogP contribution in [0.2, 0.25) is 0 Å². The summed E-state index contributed by atoms with van der Waals surface area (Å²) in [5, 5.41) is 12.0. The van der Waals surface area contributed by atoms with E-state index in [2.05, 4.69) is 26.1 Å². The van der Waals surface area contributed by atoms with Crippen molar-refractivity contribution in [1.82, 2.24) is 5.32 Å². The molecule has 76 valence electrons. The molecule has 1 aliphatic carbocycles. The third-order valence-corrected chi connectivity index (χ3v) is 2.30. The van der Waals surface area contributed by atoms with Crippen LogP contribution in [0.3, 0.4) is 0 Å². The lowest BCUT2D eigenvalue weighted by Crippen LogP contribution is -2.29. The molecule has 0 aromatic carbocycles. The minimum Gasteiger partial charge on any atom is -0.481 e. The van der Waals surface area contributed by atoms with Gasteiger partial charge < -0.3 is 10.4 Å². The molecule has 0 aromatic rings. The van der Waals surface area contributed by atoms with Crippen LogP contribution >= 0.6 is 0 Å². The predicted molar refractivity (Wildman–Crippen MR) is 51.6 cm³/mol. The van der Waals surface area contributed by atoms with E-state index in [1.165, 1.54) is 0 Å². The summed E-state index contributed by atoms with van der Waals surface area (Å²) in [7, 11) is 0. The van der Waals surface area contributed by atoms with E-state index in [0.29, 0.717) is 5.92 Å². The van der Waals surface area contributed by atoms with Crippen molar-refractivity contribution in [3.63, 3.8) is 0 Å². The van der Waals surface area contributed by atoms with Gasteiger partial charge in [0.25, 0.3) is 0 Å². The minimum absolute atomic E-state index is 0.0764. The highest BCUT2D eigenvalue weighted by atomic mass is 16.4. The van der Waals surface area contributed by atoms with Gasteiger partial charge in [0.15, 0.2) is 0 Å². The molecule has 13 heavy (non-hydrogen) atoms. The zero-order valence-electron chi connectivity index (χ0n) is 8.63. The smallest absolute Gasteiger partial charge is 0.306 e. The third kappa shape index (κ3) is 3.77. The molecule has 3 nitrogen and oxygen atoms in total. The average Bonchev–Trinajstić information content (AvgIpc) is 2.63. The van der Waals surface area contributed by atoms with E-state index in [4.69, 9.17) is 5.11 Å². The van der Waals surface area contributed by atoms with Gasteiger partial charge in [-0.05, 0) is 30.8 Å². The molecular formula is C10H19NO2. The van der Waals surface area contributed by atoms with Crippen molar-refractivity contribution < 1.29 is 9.90 Å². The molecule has 0 aromatic heterocycles. The van der Waals surface area contributed by atoms with Crippen LogP contribution in [0, 0.1) is 17.3 Å². The summed E-state index contributed by atoms with van der Waals surface area (Å²) >= 11 is 0. The molecule has 0 bridgehead atoms. The first kappa shape index (κ1) is 10.5. The highest BCUT2D eigenvalue weighted by molar-refractivity contribution is 5.73. The Morgan fingerprint density at radius 3 is 2.54 bits per heavy atom. The first-order valence-corrected chi connectivity index (χ1v) is 4.84. The number of rotatable bonds is 4. The van der Waals surface area contributed by atoms with Crippen molar-refractivity contribution in [3.8, 4) is 0 Å². The molecule has 2 N–H and O–H groups in total. The Hall–Kier alpha value is -0.570. The van der Waals surface area contributed by atoms with Gasteiger partial charge in [-0.3, -0.25) is 4.79 Å². The molecule has 2 unspecified atom stereocenters. The molecule has 0 radical (unpaired) electrons. The van der Waals surface area contributed by atoms with Gasteiger partial charge in [0.05, 0.1) is 5.92 Å². The van der Waals surface area contributed by atoms with E-state index < -0.39 is 5.97 Å². The highest BCUT2D eigenvalue weighted by Gasteiger charge is 2.42. The summed E-state index contributed by atoms with van der Waals surface area (Å²) in [6.45, 7) is 8.31. The van der Waals surface area contributed by atoms with Crippen LogP contribution in [-0.2, 0) is 4.79 Å². The monoisotopic (exact) mass is 185 g/mol.